The van der Waals surface area contributed by atoms with E-state index in [0.717, 1.165) is 17.0 Å². The molecule has 2 aromatic rings. The van der Waals surface area contributed by atoms with E-state index in [0.29, 0.717) is 5.56 Å². The smallest absolute Gasteiger partial charge is 0.268 e. The molecule has 1 aliphatic heterocycles. The number of nitrogens with zero attached hydrogens (tertiary/aromatic N) is 1. The molecule has 110 valence electrons. The van der Waals surface area contributed by atoms with Gasteiger partial charge in [0, 0.05) is 0 Å². The number of carbonyl (C=O) groups is 2. The quantitative estimate of drug-likeness (QED) is 0.795. The van der Waals surface area contributed by atoms with Crippen molar-refractivity contribution in [1.82, 2.24) is 0 Å². The lowest BCUT2D eigenvalue weighted by molar-refractivity contribution is -0.119. The molecule has 2 amide bonds. The van der Waals surface area contributed by atoms with Crippen molar-refractivity contribution >= 4 is 34.7 Å². The lowest BCUT2D eigenvalue weighted by atomic mass is 10.1. The largest absolute Gasteiger partial charge is 0.277 e. The second-order valence-electron chi connectivity index (χ2n) is 4.62. The van der Waals surface area contributed by atoms with Gasteiger partial charge in [-0.2, -0.15) is 0 Å². The summed E-state index contributed by atoms with van der Waals surface area (Å²) in [6, 6.07) is 9.97. The molecule has 0 fully saturated rings. The van der Waals surface area contributed by atoms with E-state index >= 15 is 0 Å². The molecule has 0 saturated heterocycles. The lowest BCUT2D eigenvalue weighted by Gasteiger charge is -2.14. The SMILES string of the molecule is O=C1C(Cl)=C(c2ccc(F)cc2)C(=O)N1c1ccc(F)cc1. The van der Waals surface area contributed by atoms with Gasteiger partial charge in [0.25, 0.3) is 11.8 Å². The van der Waals surface area contributed by atoms with Crippen LogP contribution in [0.3, 0.4) is 0 Å². The Morgan fingerprint density at radius 1 is 0.773 bits per heavy atom. The molecule has 3 nitrogen and oxygen atoms in total. The van der Waals surface area contributed by atoms with E-state index in [2.05, 4.69) is 0 Å². The van der Waals surface area contributed by atoms with Gasteiger partial charge < -0.3 is 0 Å². The number of rotatable bonds is 2. The molecule has 22 heavy (non-hydrogen) atoms. The summed E-state index contributed by atoms with van der Waals surface area (Å²) >= 11 is 5.97. The van der Waals surface area contributed by atoms with Gasteiger partial charge in [-0.05, 0) is 42.0 Å². The van der Waals surface area contributed by atoms with Crippen LogP contribution in [0.5, 0.6) is 0 Å². The van der Waals surface area contributed by atoms with Crippen molar-refractivity contribution in [2.24, 2.45) is 0 Å². The molecule has 0 radical (unpaired) electrons. The maximum atomic E-state index is 13.0. The Morgan fingerprint density at radius 2 is 1.27 bits per heavy atom. The molecule has 1 aliphatic rings. The highest BCUT2D eigenvalue weighted by molar-refractivity contribution is 6.60. The normalized spacial score (nSPS) is 15.0. The molecule has 0 spiro atoms. The molecule has 2 aromatic carbocycles. The minimum atomic E-state index is -0.697. The fourth-order valence-corrected chi connectivity index (χ4v) is 2.47. The number of anilines is 1. The predicted octanol–water partition coefficient (Wildman–Crippen LogP) is 3.49. The highest BCUT2D eigenvalue weighted by Crippen LogP contribution is 2.34. The predicted molar refractivity (Wildman–Crippen MR) is 78.1 cm³/mol. The van der Waals surface area contributed by atoms with Crippen molar-refractivity contribution in [2.45, 2.75) is 0 Å². The Morgan fingerprint density at radius 3 is 1.82 bits per heavy atom. The Labute approximate surface area is 129 Å². The fraction of sp³-hybridized carbons (Fsp3) is 0. The highest BCUT2D eigenvalue weighted by atomic mass is 35.5. The van der Waals surface area contributed by atoms with Gasteiger partial charge in [0.05, 0.1) is 11.3 Å². The number of hydrogen-bond donors (Lipinski definition) is 0. The van der Waals surface area contributed by atoms with E-state index in [9.17, 15) is 18.4 Å². The van der Waals surface area contributed by atoms with Gasteiger partial charge in [0.1, 0.15) is 16.7 Å². The van der Waals surface area contributed by atoms with Crippen molar-refractivity contribution in [3.05, 3.63) is 70.8 Å². The molecular weight excluding hydrogens is 312 g/mol. The Kier molecular flexibility index (Phi) is 3.50. The molecule has 0 aliphatic carbocycles. The van der Waals surface area contributed by atoms with Crippen LogP contribution < -0.4 is 4.90 Å². The van der Waals surface area contributed by atoms with Crippen LogP contribution >= 0.6 is 11.6 Å². The van der Waals surface area contributed by atoms with Gasteiger partial charge in [-0.1, -0.05) is 23.7 Å². The Balaban J connectivity index is 2.03. The monoisotopic (exact) mass is 319 g/mol. The van der Waals surface area contributed by atoms with Crippen LogP contribution in [-0.4, -0.2) is 11.8 Å². The number of carbonyl (C=O) groups excluding carboxylic acids is 2. The van der Waals surface area contributed by atoms with Gasteiger partial charge in [0.15, 0.2) is 0 Å². The molecule has 0 atom stereocenters. The first-order valence-corrected chi connectivity index (χ1v) is 6.67. The van der Waals surface area contributed by atoms with Crippen LogP contribution in [0.15, 0.2) is 53.6 Å². The fourth-order valence-electron chi connectivity index (χ4n) is 2.19. The summed E-state index contributed by atoms with van der Waals surface area (Å²) in [5.74, 6) is -2.28. The van der Waals surface area contributed by atoms with E-state index in [4.69, 9.17) is 11.6 Å². The number of amides is 2. The summed E-state index contributed by atoms with van der Waals surface area (Å²) in [6.07, 6.45) is 0. The average Bonchev–Trinajstić information content (AvgIpc) is 2.72. The zero-order chi connectivity index (χ0) is 15.9. The zero-order valence-electron chi connectivity index (χ0n) is 11.0. The lowest BCUT2D eigenvalue weighted by Crippen LogP contribution is -2.31. The van der Waals surface area contributed by atoms with Crippen molar-refractivity contribution in [1.29, 1.82) is 0 Å². The van der Waals surface area contributed by atoms with Gasteiger partial charge in [0.2, 0.25) is 0 Å². The van der Waals surface area contributed by atoms with Crippen LogP contribution in [0.1, 0.15) is 5.56 Å². The molecule has 0 N–H and O–H groups in total. The minimum Gasteiger partial charge on any atom is -0.268 e. The number of halogens is 3. The number of benzene rings is 2. The standard InChI is InChI=1S/C16H8ClF2NO2/c17-14-13(9-1-3-10(18)4-2-9)15(21)20(16(14)22)12-7-5-11(19)6-8-12/h1-8H. The third-order valence-corrected chi connectivity index (χ3v) is 3.60. The maximum absolute atomic E-state index is 13.0. The molecule has 0 saturated carbocycles. The molecular formula is C16H8ClF2NO2. The first kappa shape index (κ1) is 14.4. The van der Waals surface area contributed by atoms with E-state index < -0.39 is 23.4 Å². The molecule has 6 heteroatoms. The minimum absolute atomic E-state index is 0.00371. The average molecular weight is 320 g/mol. The van der Waals surface area contributed by atoms with Gasteiger partial charge in [-0.25, -0.2) is 13.7 Å². The first-order chi connectivity index (χ1) is 10.5. The second-order valence-corrected chi connectivity index (χ2v) is 5.00. The van der Waals surface area contributed by atoms with Gasteiger partial charge in [-0.3, -0.25) is 9.59 Å². The van der Waals surface area contributed by atoms with Crippen molar-refractivity contribution in [2.75, 3.05) is 4.90 Å². The van der Waals surface area contributed by atoms with Crippen molar-refractivity contribution in [3.8, 4) is 0 Å². The second kappa shape index (κ2) is 5.35. The zero-order valence-corrected chi connectivity index (χ0v) is 11.8. The maximum Gasteiger partial charge on any atom is 0.277 e. The summed E-state index contributed by atoms with van der Waals surface area (Å²) in [5.41, 5.74) is 0.553. The highest BCUT2D eigenvalue weighted by Gasteiger charge is 2.39. The summed E-state index contributed by atoms with van der Waals surface area (Å²) in [4.78, 5) is 25.5. The Bertz CT molecular complexity index is 798. The molecule has 3 rings (SSSR count). The molecule has 0 bridgehead atoms. The van der Waals surface area contributed by atoms with Crippen LogP contribution in [0, 0.1) is 11.6 Å². The molecule has 0 unspecified atom stereocenters. The third-order valence-electron chi connectivity index (χ3n) is 3.25. The number of hydrogen-bond acceptors (Lipinski definition) is 2. The van der Waals surface area contributed by atoms with Crippen molar-refractivity contribution < 1.29 is 18.4 Å². The van der Waals surface area contributed by atoms with E-state index in [-0.39, 0.29) is 16.3 Å². The summed E-state index contributed by atoms with van der Waals surface area (Å²) in [7, 11) is 0. The summed E-state index contributed by atoms with van der Waals surface area (Å²) < 4.78 is 25.9. The van der Waals surface area contributed by atoms with Crippen LogP contribution in [-0.2, 0) is 9.59 Å². The van der Waals surface area contributed by atoms with Gasteiger partial charge >= 0.3 is 0 Å². The molecule has 0 aromatic heterocycles. The van der Waals surface area contributed by atoms with E-state index in [1.807, 2.05) is 0 Å². The topological polar surface area (TPSA) is 37.4 Å². The summed E-state index contributed by atoms with van der Waals surface area (Å²) in [6.45, 7) is 0. The van der Waals surface area contributed by atoms with Crippen LogP contribution in [0.4, 0.5) is 14.5 Å². The molecule has 1 heterocycles. The summed E-state index contributed by atoms with van der Waals surface area (Å²) in [5, 5.41) is -0.249. The number of imide groups is 1. The van der Waals surface area contributed by atoms with Crippen LogP contribution in [0.25, 0.3) is 5.57 Å². The van der Waals surface area contributed by atoms with E-state index in [1.54, 1.807) is 0 Å². The van der Waals surface area contributed by atoms with E-state index in [1.165, 1.54) is 36.4 Å². The van der Waals surface area contributed by atoms with Crippen LogP contribution in [0.2, 0.25) is 0 Å². The third kappa shape index (κ3) is 2.29. The first-order valence-electron chi connectivity index (χ1n) is 6.29. The van der Waals surface area contributed by atoms with Gasteiger partial charge in [-0.15, -0.1) is 0 Å². The Hall–Kier alpha value is -2.53. The van der Waals surface area contributed by atoms with Crippen molar-refractivity contribution in [3.63, 3.8) is 0 Å².